The third kappa shape index (κ3) is 5.53. The molecule has 0 radical (unpaired) electrons. The van der Waals surface area contributed by atoms with Crippen LogP contribution < -0.4 is 5.32 Å². The first kappa shape index (κ1) is 16.6. The van der Waals surface area contributed by atoms with Gasteiger partial charge < -0.3 is 5.32 Å². The van der Waals surface area contributed by atoms with Crippen LogP contribution in [0.5, 0.6) is 0 Å². The summed E-state index contributed by atoms with van der Waals surface area (Å²) in [6.07, 6.45) is 5.43. The molecule has 0 bridgehead atoms. The quantitative estimate of drug-likeness (QED) is 0.821. The van der Waals surface area contributed by atoms with Crippen molar-refractivity contribution in [1.82, 2.24) is 15.3 Å². The summed E-state index contributed by atoms with van der Waals surface area (Å²) in [5.41, 5.74) is 1.80. The van der Waals surface area contributed by atoms with E-state index < -0.39 is 9.84 Å². The Bertz CT molecular complexity index is 727. The summed E-state index contributed by atoms with van der Waals surface area (Å²) in [6, 6.07) is 3.79. The number of hydrogen-bond donors (Lipinski definition) is 1. The van der Waals surface area contributed by atoms with Crippen LogP contribution in [0.1, 0.15) is 12.1 Å². The van der Waals surface area contributed by atoms with Gasteiger partial charge in [0.15, 0.2) is 0 Å². The Kier molecular flexibility index (Phi) is 5.62. The van der Waals surface area contributed by atoms with Gasteiger partial charge in [-0.1, -0.05) is 0 Å². The van der Waals surface area contributed by atoms with Crippen LogP contribution in [-0.4, -0.2) is 42.8 Å². The van der Waals surface area contributed by atoms with Crippen LogP contribution in [0.2, 0.25) is 0 Å². The van der Waals surface area contributed by atoms with Crippen molar-refractivity contribution in [3.05, 3.63) is 35.6 Å². The minimum absolute atomic E-state index is 0.0411. The van der Waals surface area contributed by atoms with Crippen LogP contribution in [-0.2, 0) is 21.1 Å². The molecule has 2 rings (SSSR count). The zero-order chi connectivity index (χ0) is 16.0. The Balaban J connectivity index is 1.80. The second-order valence-corrected chi connectivity index (χ2v) is 7.98. The highest BCUT2D eigenvalue weighted by molar-refractivity contribution is 7.90. The number of amides is 1. The predicted octanol–water partition coefficient (Wildman–Crippen LogP) is 1.30. The SMILES string of the molecule is CS(=O)(=O)CCNC(=O)CCc1csc(-c2cccnc2)n1. The van der Waals surface area contributed by atoms with Gasteiger partial charge >= 0.3 is 0 Å². The van der Waals surface area contributed by atoms with E-state index in [0.717, 1.165) is 22.5 Å². The summed E-state index contributed by atoms with van der Waals surface area (Å²) in [4.78, 5) is 20.2. The average molecular weight is 339 g/mol. The van der Waals surface area contributed by atoms with E-state index in [9.17, 15) is 13.2 Å². The number of thiazole rings is 1. The molecule has 2 aromatic heterocycles. The second kappa shape index (κ2) is 7.46. The lowest BCUT2D eigenvalue weighted by Gasteiger charge is -2.03. The van der Waals surface area contributed by atoms with E-state index in [4.69, 9.17) is 0 Å². The third-order valence-electron chi connectivity index (χ3n) is 2.86. The highest BCUT2D eigenvalue weighted by Gasteiger charge is 2.08. The molecule has 0 atom stereocenters. The van der Waals surface area contributed by atoms with Gasteiger partial charge in [-0.25, -0.2) is 13.4 Å². The topological polar surface area (TPSA) is 89.0 Å². The molecule has 0 unspecified atom stereocenters. The van der Waals surface area contributed by atoms with Crippen molar-refractivity contribution < 1.29 is 13.2 Å². The molecule has 2 heterocycles. The number of nitrogens with zero attached hydrogens (tertiary/aromatic N) is 2. The Morgan fingerprint density at radius 1 is 1.41 bits per heavy atom. The molecule has 0 aliphatic heterocycles. The number of carbonyl (C=O) groups is 1. The van der Waals surface area contributed by atoms with Crippen LogP contribution >= 0.6 is 11.3 Å². The van der Waals surface area contributed by atoms with Crippen LogP contribution in [0.25, 0.3) is 10.6 Å². The zero-order valence-electron chi connectivity index (χ0n) is 12.2. The lowest BCUT2D eigenvalue weighted by atomic mass is 10.2. The van der Waals surface area contributed by atoms with E-state index in [0.29, 0.717) is 12.8 Å². The number of aryl methyl sites for hydroxylation is 1. The van der Waals surface area contributed by atoms with E-state index >= 15 is 0 Å². The van der Waals surface area contributed by atoms with E-state index in [1.807, 2.05) is 17.5 Å². The largest absolute Gasteiger partial charge is 0.355 e. The first-order chi connectivity index (χ1) is 10.4. The summed E-state index contributed by atoms with van der Waals surface area (Å²) >= 11 is 1.51. The minimum Gasteiger partial charge on any atom is -0.355 e. The fourth-order valence-corrected chi connectivity index (χ4v) is 3.07. The maximum atomic E-state index is 11.6. The van der Waals surface area contributed by atoms with E-state index in [1.165, 1.54) is 11.3 Å². The number of pyridine rings is 1. The Morgan fingerprint density at radius 2 is 2.23 bits per heavy atom. The second-order valence-electron chi connectivity index (χ2n) is 4.87. The minimum atomic E-state index is -3.05. The first-order valence-corrected chi connectivity index (χ1v) is 9.67. The maximum Gasteiger partial charge on any atom is 0.220 e. The molecule has 1 N–H and O–H groups in total. The number of aromatic nitrogens is 2. The summed E-state index contributed by atoms with van der Waals surface area (Å²) < 4.78 is 21.9. The van der Waals surface area contributed by atoms with Crippen LogP contribution in [0.3, 0.4) is 0 Å². The van der Waals surface area contributed by atoms with Gasteiger partial charge in [0, 0.05) is 42.6 Å². The van der Waals surface area contributed by atoms with Crippen molar-refractivity contribution in [3.63, 3.8) is 0 Å². The molecule has 0 fully saturated rings. The highest BCUT2D eigenvalue weighted by Crippen LogP contribution is 2.23. The van der Waals surface area contributed by atoms with Crippen molar-refractivity contribution in [2.75, 3.05) is 18.6 Å². The van der Waals surface area contributed by atoms with Crippen molar-refractivity contribution in [1.29, 1.82) is 0 Å². The van der Waals surface area contributed by atoms with Gasteiger partial charge in [0.2, 0.25) is 5.91 Å². The number of rotatable bonds is 7. The maximum absolute atomic E-state index is 11.6. The first-order valence-electron chi connectivity index (χ1n) is 6.73. The molecule has 6 nitrogen and oxygen atoms in total. The monoisotopic (exact) mass is 339 g/mol. The van der Waals surface area contributed by atoms with Crippen molar-refractivity contribution in [2.45, 2.75) is 12.8 Å². The molecule has 0 aromatic carbocycles. The Morgan fingerprint density at radius 3 is 2.91 bits per heavy atom. The Hall–Kier alpha value is -1.80. The van der Waals surface area contributed by atoms with Gasteiger partial charge in [-0.3, -0.25) is 9.78 Å². The molecule has 8 heteroatoms. The third-order valence-corrected chi connectivity index (χ3v) is 4.75. The van der Waals surface area contributed by atoms with E-state index in [1.54, 1.807) is 12.4 Å². The molecule has 0 spiro atoms. The molecule has 0 aliphatic rings. The zero-order valence-corrected chi connectivity index (χ0v) is 13.8. The average Bonchev–Trinajstić information content (AvgIpc) is 2.94. The smallest absolute Gasteiger partial charge is 0.220 e. The molecular formula is C14H17N3O3S2. The van der Waals surface area contributed by atoms with Gasteiger partial charge in [0.05, 0.1) is 11.4 Å². The normalized spacial score (nSPS) is 11.3. The lowest BCUT2D eigenvalue weighted by Crippen LogP contribution is -2.28. The number of nitrogens with one attached hydrogen (secondary N) is 1. The standard InChI is InChI=1S/C14H17N3O3S2/c1-22(19,20)8-7-16-13(18)5-4-12-10-21-14(17-12)11-3-2-6-15-9-11/h2-3,6,9-10H,4-5,7-8H2,1H3,(H,16,18). The highest BCUT2D eigenvalue weighted by atomic mass is 32.2. The molecule has 0 aliphatic carbocycles. The van der Waals surface area contributed by atoms with E-state index in [2.05, 4.69) is 15.3 Å². The molecule has 22 heavy (non-hydrogen) atoms. The number of sulfone groups is 1. The van der Waals surface area contributed by atoms with Crippen LogP contribution in [0.4, 0.5) is 0 Å². The summed E-state index contributed by atoms with van der Waals surface area (Å²) in [6.45, 7) is 0.148. The lowest BCUT2D eigenvalue weighted by molar-refractivity contribution is -0.120. The van der Waals surface area contributed by atoms with Gasteiger partial charge in [-0.05, 0) is 18.6 Å². The van der Waals surface area contributed by atoms with Crippen molar-refractivity contribution in [2.24, 2.45) is 0 Å². The molecule has 0 saturated carbocycles. The predicted molar refractivity (Wildman–Crippen MR) is 86.4 cm³/mol. The van der Waals surface area contributed by atoms with Gasteiger partial charge in [-0.2, -0.15) is 0 Å². The number of carbonyl (C=O) groups excluding carboxylic acids is 1. The summed E-state index contributed by atoms with van der Waals surface area (Å²) in [5.74, 6) is -0.208. The van der Waals surface area contributed by atoms with Crippen molar-refractivity contribution in [3.8, 4) is 10.6 Å². The summed E-state index contributed by atoms with van der Waals surface area (Å²) in [5, 5.41) is 5.39. The molecule has 1 amide bonds. The van der Waals surface area contributed by atoms with Crippen LogP contribution in [0.15, 0.2) is 29.9 Å². The molecule has 118 valence electrons. The Labute approximate surface area is 133 Å². The fraction of sp³-hybridized carbons (Fsp3) is 0.357. The summed E-state index contributed by atoms with van der Waals surface area (Å²) in [7, 11) is -3.05. The van der Waals surface area contributed by atoms with Crippen LogP contribution in [0, 0.1) is 0 Å². The number of hydrogen-bond acceptors (Lipinski definition) is 6. The van der Waals surface area contributed by atoms with Gasteiger partial charge in [-0.15, -0.1) is 11.3 Å². The van der Waals surface area contributed by atoms with Gasteiger partial charge in [0.25, 0.3) is 0 Å². The molecular weight excluding hydrogens is 322 g/mol. The van der Waals surface area contributed by atoms with Gasteiger partial charge in [0.1, 0.15) is 14.8 Å². The molecule has 0 saturated heterocycles. The van der Waals surface area contributed by atoms with Crippen molar-refractivity contribution >= 4 is 27.1 Å². The van der Waals surface area contributed by atoms with E-state index in [-0.39, 0.29) is 18.2 Å². The fourth-order valence-electron chi connectivity index (χ4n) is 1.75. The molecule has 2 aromatic rings.